The molecule has 0 radical (unpaired) electrons. The van der Waals surface area contributed by atoms with Crippen LogP contribution in [-0.4, -0.2) is 21.4 Å². The molecule has 0 bridgehead atoms. The minimum Gasteiger partial charge on any atom is -0.378 e. The van der Waals surface area contributed by atoms with Gasteiger partial charge in [0.05, 0.1) is 0 Å². The Morgan fingerprint density at radius 1 is 0.500 bits per heavy atom. The summed E-state index contributed by atoms with van der Waals surface area (Å²) in [7, 11) is 0. The first-order chi connectivity index (χ1) is 9.62. The van der Waals surface area contributed by atoms with Crippen LogP contribution in [0.5, 0.6) is 0 Å². The van der Waals surface area contributed by atoms with Crippen LogP contribution in [-0.2, 0) is 0 Å². The lowest BCUT2D eigenvalue weighted by Crippen LogP contribution is -2.29. The largest absolute Gasteiger partial charge is 0.378 e. The molecule has 2 aliphatic carbocycles. The maximum Gasteiger partial charge on any atom is 0.126 e. The third kappa shape index (κ3) is 4.61. The summed E-state index contributed by atoms with van der Waals surface area (Å²) < 4.78 is 0. The van der Waals surface area contributed by atoms with Crippen LogP contribution in [0.15, 0.2) is 0 Å². The van der Waals surface area contributed by atoms with E-state index in [1.165, 1.54) is 12.8 Å². The van der Waals surface area contributed by atoms with Crippen LogP contribution in [0.25, 0.3) is 0 Å². The minimum atomic E-state index is -0.845. The zero-order chi connectivity index (χ0) is 14.3. The fourth-order valence-corrected chi connectivity index (χ4v) is 2.88. The van der Waals surface area contributed by atoms with Crippen molar-refractivity contribution in [3.05, 3.63) is 0 Å². The summed E-state index contributed by atoms with van der Waals surface area (Å²) in [4.78, 5) is 0. The van der Waals surface area contributed by atoms with Crippen LogP contribution in [0, 0.1) is 35.5 Å². The summed E-state index contributed by atoms with van der Waals surface area (Å²) in [5, 5.41) is 20.3. The third-order valence-corrected chi connectivity index (χ3v) is 4.14. The van der Waals surface area contributed by atoms with Crippen LogP contribution in [0.1, 0.15) is 64.2 Å². The molecule has 106 valence electrons. The van der Waals surface area contributed by atoms with Gasteiger partial charge < -0.3 is 10.2 Å². The molecule has 0 spiro atoms. The molecule has 0 amide bonds. The van der Waals surface area contributed by atoms with Crippen LogP contribution >= 0.6 is 0 Å². The Labute approximate surface area is 122 Å². The first kappa shape index (κ1) is 15.0. The first-order valence-corrected chi connectivity index (χ1v) is 7.61. The lowest BCUT2D eigenvalue weighted by atomic mass is 9.85. The number of aliphatic hydroxyl groups is 2. The topological polar surface area (TPSA) is 40.5 Å². The van der Waals surface area contributed by atoms with Gasteiger partial charge in [-0.05, 0) is 75.0 Å². The summed E-state index contributed by atoms with van der Waals surface area (Å²) in [6.07, 6.45) is 9.47. The van der Waals surface area contributed by atoms with E-state index in [1.807, 2.05) is 0 Å². The van der Waals surface area contributed by atoms with Gasteiger partial charge in [0.15, 0.2) is 0 Å². The summed E-state index contributed by atoms with van der Waals surface area (Å²) in [5.41, 5.74) is -1.69. The molecule has 2 nitrogen and oxygen atoms in total. The highest BCUT2D eigenvalue weighted by molar-refractivity contribution is 5.38. The van der Waals surface area contributed by atoms with Crippen LogP contribution in [0.2, 0.25) is 0 Å². The first-order valence-electron chi connectivity index (χ1n) is 7.61. The van der Waals surface area contributed by atoms with E-state index in [9.17, 15) is 10.2 Å². The van der Waals surface area contributed by atoms with E-state index in [2.05, 4.69) is 35.5 Å². The maximum atomic E-state index is 10.2. The van der Waals surface area contributed by atoms with E-state index in [4.69, 9.17) is 0 Å². The fraction of sp³-hybridized carbons (Fsp3) is 0.667. The van der Waals surface area contributed by atoms with Gasteiger partial charge >= 0.3 is 0 Å². The molecule has 2 fully saturated rings. The summed E-state index contributed by atoms with van der Waals surface area (Å²) in [6, 6.07) is 0. The van der Waals surface area contributed by atoms with Crippen molar-refractivity contribution in [2.75, 3.05) is 0 Å². The Morgan fingerprint density at radius 2 is 0.850 bits per heavy atom. The smallest absolute Gasteiger partial charge is 0.126 e. The molecule has 2 heteroatoms. The van der Waals surface area contributed by atoms with Crippen molar-refractivity contribution in [2.45, 2.75) is 75.4 Å². The zero-order valence-electron chi connectivity index (χ0n) is 12.0. The van der Waals surface area contributed by atoms with Gasteiger partial charge in [-0.25, -0.2) is 0 Å². The monoisotopic (exact) mass is 270 g/mol. The third-order valence-electron chi connectivity index (χ3n) is 4.14. The number of rotatable bonds is 0. The van der Waals surface area contributed by atoms with Gasteiger partial charge in [0.1, 0.15) is 11.2 Å². The maximum absolute atomic E-state index is 10.2. The van der Waals surface area contributed by atoms with Crippen LogP contribution < -0.4 is 0 Å². The Hall–Kier alpha value is -1.40. The molecule has 0 aromatic carbocycles. The minimum absolute atomic E-state index is 0.743. The molecule has 0 unspecified atom stereocenters. The lowest BCUT2D eigenvalue weighted by molar-refractivity contribution is 0.0606. The molecular formula is C18H22O2. The van der Waals surface area contributed by atoms with Crippen molar-refractivity contribution in [1.82, 2.24) is 0 Å². The van der Waals surface area contributed by atoms with Gasteiger partial charge in [0.2, 0.25) is 0 Å². The van der Waals surface area contributed by atoms with E-state index in [1.54, 1.807) is 0 Å². The summed E-state index contributed by atoms with van der Waals surface area (Å²) in [5.74, 6) is 16.4. The van der Waals surface area contributed by atoms with Gasteiger partial charge in [0, 0.05) is 0 Å². The second-order valence-corrected chi connectivity index (χ2v) is 5.93. The van der Waals surface area contributed by atoms with E-state index in [0.29, 0.717) is 0 Å². The molecule has 0 heterocycles. The second kappa shape index (κ2) is 6.85. The average Bonchev–Trinajstić information content (AvgIpc) is 2.44. The molecule has 0 aliphatic heterocycles. The molecule has 0 atom stereocenters. The van der Waals surface area contributed by atoms with E-state index < -0.39 is 11.2 Å². The standard InChI is InChI=1S/C18H22O2/c19-17(13-7-3-8-14-17)11-5-1-2-6-12-18(20)15-9-4-10-16-18/h19-20H,3-4,7-10,13-16H2. The molecular weight excluding hydrogens is 248 g/mol. The molecule has 0 saturated heterocycles. The summed E-state index contributed by atoms with van der Waals surface area (Å²) in [6.45, 7) is 0. The second-order valence-electron chi connectivity index (χ2n) is 5.93. The van der Waals surface area contributed by atoms with Gasteiger partial charge in [-0.15, -0.1) is 0 Å². The Bertz CT molecular complexity index is 455. The molecule has 0 aromatic heterocycles. The van der Waals surface area contributed by atoms with Gasteiger partial charge in [-0.3, -0.25) is 0 Å². The molecule has 2 aliphatic rings. The van der Waals surface area contributed by atoms with Crippen molar-refractivity contribution >= 4 is 0 Å². The van der Waals surface area contributed by atoms with Crippen molar-refractivity contribution in [3.63, 3.8) is 0 Å². The highest BCUT2D eigenvalue weighted by atomic mass is 16.3. The molecule has 20 heavy (non-hydrogen) atoms. The van der Waals surface area contributed by atoms with Gasteiger partial charge in [0.25, 0.3) is 0 Å². The lowest BCUT2D eigenvalue weighted by Gasteiger charge is -2.26. The number of hydrogen-bond donors (Lipinski definition) is 2. The Kier molecular flexibility index (Phi) is 5.14. The highest BCUT2D eigenvalue weighted by Gasteiger charge is 2.27. The van der Waals surface area contributed by atoms with Crippen LogP contribution in [0.4, 0.5) is 0 Å². The highest BCUT2D eigenvalue weighted by Crippen LogP contribution is 2.27. The van der Waals surface area contributed by atoms with Crippen LogP contribution in [0.3, 0.4) is 0 Å². The van der Waals surface area contributed by atoms with Crippen molar-refractivity contribution in [2.24, 2.45) is 0 Å². The molecule has 0 aromatic rings. The SMILES string of the molecule is OC1(C#CC#CC#CC2(O)CCCCC2)CCCCC1. The zero-order valence-corrected chi connectivity index (χ0v) is 12.0. The van der Waals surface area contributed by atoms with Gasteiger partial charge in [-0.2, -0.15) is 0 Å². The Morgan fingerprint density at radius 3 is 1.20 bits per heavy atom. The fourth-order valence-electron chi connectivity index (χ4n) is 2.88. The predicted octanol–water partition coefficient (Wildman–Crippen LogP) is 2.39. The van der Waals surface area contributed by atoms with E-state index >= 15 is 0 Å². The Balaban J connectivity index is 1.89. The van der Waals surface area contributed by atoms with Crippen molar-refractivity contribution in [3.8, 4) is 35.5 Å². The molecule has 2 N–H and O–H groups in total. The number of hydrogen-bond acceptors (Lipinski definition) is 2. The molecule has 2 rings (SSSR count). The van der Waals surface area contributed by atoms with Gasteiger partial charge in [-0.1, -0.05) is 24.7 Å². The molecule has 2 saturated carbocycles. The van der Waals surface area contributed by atoms with Crippen molar-refractivity contribution in [1.29, 1.82) is 0 Å². The quantitative estimate of drug-likeness (QED) is 0.664. The van der Waals surface area contributed by atoms with E-state index in [0.717, 1.165) is 51.4 Å². The van der Waals surface area contributed by atoms with Crippen molar-refractivity contribution < 1.29 is 10.2 Å². The average molecular weight is 270 g/mol. The summed E-state index contributed by atoms with van der Waals surface area (Å²) >= 11 is 0. The predicted molar refractivity (Wildman–Crippen MR) is 79.4 cm³/mol. The van der Waals surface area contributed by atoms with E-state index in [-0.39, 0.29) is 0 Å². The normalized spacial score (nSPS) is 23.1.